The molecule has 0 saturated heterocycles. The summed E-state index contributed by atoms with van der Waals surface area (Å²) in [4.78, 5) is 7.93. The van der Waals surface area contributed by atoms with E-state index in [0.717, 1.165) is 19.8 Å². The molecule has 0 aliphatic heterocycles. The van der Waals surface area contributed by atoms with Crippen molar-refractivity contribution in [2.75, 3.05) is 0 Å². The van der Waals surface area contributed by atoms with Gasteiger partial charge in [0.2, 0.25) is 0 Å². The fourth-order valence-electron chi connectivity index (χ4n) is 0.967. The van der Waals surface area contributed by atoms with Crippen LogP contribution in [0.4, 0.5) is 0 Å². The Morgan fingerprint density at radius 2 is 2.08 bits per heavy atom. The predicted octanol–water partition coefficient (Wildman–Crippen LogP) is 2.95. The molecule has 0 saturated carbocycles. The summed E-state index contributed by atoms with van der Waals surface area (Å²) in [6.07, 6.45) is 4.35. The molecule has 0 aliphatic rings. The largest absolute Gasteiger partial charge is 0.235 e. The fourth-order valence-corrected chi connectivity index (χ4v) is 2.30. The highest BCUT2D eigenvalue weighted by atomic mass is 79.9. The van der Waals surface area contributed by atoms with Crippen LogP contribution in [0, 0.1) is 6.20 Å². The third-order valence-electron chi connectivity index (χ3n) is 1.46. The van der Waals surface area contributed by atoms with Gasteiger partial charge in [-0.05, 0) is 28.1 Å². The maximum absolute atomic E-state index is 4.11. The number of halogens is 2. The van der Waals surface area contributed by atoms with E-state index < -0.39 is 0 Å². The summed E-state index contributed by atoms with van der Waals surface area (Å²) in [7, 11) is 0. The second-order valence-corrected chi connectivity index (χ2v) is 4.04. The number of rotatable bonds is 0. The Balaban J connectivity index is 2.89. The van der Waals surface area contributed by atoms with E-state index in [1.54, 1.807) is 0 Å². The SMILES string of the molecule is Brc1cc(Br)c2ncn[c]c2c1. The van der Waals surface area contributed by atoms with Gasteiger partial charge < -0.3 is 0 Å². The molecule has 2 rings (SSSR count). The van der Waals surface area contributed by atoms with Crippen LogP contribution < -0.4 is 0 Å². The summed E-state index contributed by atoms with van der Waals surface area (Å²) in [5.41, 5.74) is 0.883. The van der Waals surface area contributed by atoms with Crippen molar-refractivity contribution < 1.29 is 0 Å². The Hall–Kier alpha value is -0.480. The topological polar surface area (TPSA) is 25.8 Å². The van der Waals surface area contributed by atoms with Crippen LogP contribution in [0.3, 0.4) is 0 Å². The van der Waals surface area contributed by atoms with Gasteiger partial charge in [0.1, 0.15) is 12.5 Å². The molecule has 4 heteroatoms. The number of hydrogen-bond donors (Lipinski definition) is 0. The van der Waals surface area contributed by atoms with Gasteiger partial charge in [-0.2, -0.15) is 0 Å². The first-order valence-corrected chi connectivity index (χ1v) is 4.83. The van der Waals surface area contributed by atoms with Crippen LogP contribution in [-0.4, -0.2) is 9.97 Å². The first kappa shape index (κ1) is 8.13. The first-order valence-electron chi connectivity index (χ1n) is 3.25. The summed E-state index contributed by atoms with van der Waals surface area (Å²) >= 11 is 6.79. The van der Waals surface area contributed by atoms with Gasteiger partial charge >= 0.3 is 0 Å². The monoisotopic (exact) mass is 285 g/mol. The predicted molar refractivity (Wildman–Crippen MR) is 53.8 cm³/mol. The summed E-state index contributed by atoms with van der Waals surface area (Å²) in [6.45, 7) is 0. The van der Waals surface area contributed by atoms with E-state index >= 15 is 0 Å². The Labute approximate surface area is 86.3 Å². The van der Waals surface area contributed by atoms with Gasteiger partial charge in [0.05, 0.1) is 5.52 Å². The van der Waals surface area contributed by atoms with Crippen molar-refractivity contribution in [3.8, 4) is 0 Å². The molecule has 1 radical (unpaired) electrons. The molecular weight excluding hydrogens is 284 g/mol. The number of nitrogens with zero attached hydrogens (tertiary/aromatic N) is 2. The van der Waals surface area contributed by atoms with Crippen LogP contribution in [-0.2, 0) is 0 Å². The van der Waals surface area contributed by atoms with Crippen molar-refractivity contribution >= 4 is 42.8 Å². The molecule has 59 valence electrons. The van der Waals surface area contributed by atoms with E-state index in [1.165, 1.54) is 6.33 Å². The minimum absolute atomic E-state index is 0.883. The van der Waals surface area contributed by atoms with E-state index in [9.17, 15) is 0 Å². The summed E-state index contributed by atoms with van der Waals surface area (Å²) < 4.78 is 1.94. The third-order valence-corrected chi connectivity index (χ3v) is 2.52. The average molecular weight is 287 g/mol. The molecule has 0 spiro atoms. The quantitative estimate of drug-likeness (QED) is 0.744. The molecule has 12 heavy (non-hydrogen) atoms. The minimum Gasteiger partial charge on any atom is -0.235 e. The van der Waals surface area contributed by atoms with Gasteiger partial charge in [0.15, 0.2) is 0 Å². The lowest BCUT2D eigenvalue weighted by Crippen LogP contribution is -1.82. The van der Waals surface area contributed by atoms with E-state index in [0.29, 0.717) is 0 Å². The zero-order chi connectivity index (χ0) is 8.55. The van der Waals surface area contributed by atoms with Gasteiger partial charge in [0, 0.05) is 14.3 Å². The second kappa shape index (κ2) is 3.11. The first-order chi connectivity index (χ1) is 5.77. The molecule has 1 aromatic heterocycles. The normalized spacial score (nSPS) is 10.5. The molecule has 0 atom stereocenters. The van der Waals surface area contributed by atoms with Crippen LogP contribution in [0.1, 0.15) is 0 Å². The van der Waals surface area contributed by atoms with Gasteiger partial charge in [-0.25, -0.2) is 9.97 Å². The maximum atomic E-state index is 4.11. The van der Waals surface area contributed by atoms with Crippen molar-refractivity contribution in [2.24, 2.45) is 0 Å². The molecule has 2 nitrogen and oxygen atoms in total. The van der Waals surface area contributed by atoms with E-state index in [2.05, 4.69) is 48.0 Å². The van der Waals surface area contributed by atoms with Crippen molar-refractivity contribution in [1.29, 1.82) is 0 Å². The molecule has 0 amide bonds. The molecule has 0 fully saturated rings. The van der Waals surface area contributed by atoms with Crippen molar-refractivity contribution in [3.05, 3.63) is 33.6 Å². The third kappa shape index (κ3) is 1.36. The lowest BCUT2D eigenvalue weighted by Gasteiger charge is -1.98. The van der Waals surface area contributed by atoms with Gasteiger partial charge in [0.25, 0.3) is 0 Å². The highest BCUT2D eigenvalue weighted by Crippen LogP contribution is 2.25. The number of benzene rings is 1. The smallest absolute Gasteiger partial charge is 0.116 e. The second-order valence-electron chi connectivity index (χ2n) is 2.27. The Morgan fingerprint density at radius 3 is 2.92 bits per heavy atom. The molecule has 0 N–H and O–H groups in total. The van der Waals surface area contributed by atoms with E-state index in [1.807, 2.05) is 12.1 Å². The van der Waals surface area contributed by atoms with Crippen LogP contribution >= 0.6 is 31.9 Å². The van der Waals surface area contributed by atoms with Gasteiger partial charge in [-0.3, -0.25) is 0 Å². The molecule has 0 aliphatic carbocycles. The fraction of sp³-hybridized carbons (Fsp3) is 0. The van der Waals surface area contributed by atoms with Crippen molar-refractivity contribution in [3.63, 3.8) is 0 Å². The zero-order valence-electron chi connectivity index (χ0n) is 5.88. The number of hydrogen-bond acceptors (Lipinski definition) is 2. The minimum atomic E-state index is 0.883. The standard InChI is InChI=1S/C8H3Br2N2/c9-6-1-5-3-11-4-12-8(5)7(10)2-6/h1-2,4H. The van der Waals surface area contributed by atoms with Crippen LogP contribution in [0.5, 0.6) is 0 Å². The summed E-state index contributed by atoms with van der Waals surface area (Å²) in [6, 6.07) is 3.88. The molecule has 0 bridgehead atoms. The molecule has 0 unspecified atom stereocenters. The lowest BCUT2D eigenvalue weighted by atomic mass is 10.2. The Bertz CT molecular complexity index is 428. The highest BCUT2D eigenvalue weighted by Gasteiger charge is 2.00. The van der Waals surface area contributed by atoms with E-state index in [4.69, 9.17) is 0 Å². The van der Waals surface area contributed by atoms with Crippen LogP contribution in [0.2, 0.25) is 0 Å². The van der Waals surface area contributed by atoms with Crippen molar-refractivity contribution in [2.45, 2.75) is 0 Å². The maximum Gasteiger partial charge on any atom is 0.116 e. The number of aromatic nitrogens is 2. The van der Waals surface area contributed by atoms with E-state index in [-0.39, 0.29) is 0 Å². The highest BCUT2D eigenvalue weighted by molar-refractivity contribution is 9.11. The average Bonchev–Trinajstić information content (AvgIpc) is 2.04. The van der Waals surface area contributed by atoms with Gasteiger partial charge in [-0.15, -0.1) is 0 Å². The van der Waals surface area contributed by atoms with Crippen molar-refractivity contribution in [1.82, 2.24) is 9.97 Å². The summed E-state index contributed by atoms with van der Waals surface area (Å²) in [5, 5.41) is 0.902. The Morgan fingerprint density at radius 1 is 1.25 bits per heavy atom. The van der Waals surface area contributed by atoms with Crippen LogP contribution in [0.15, 0.2) is 27.4 Å². The van der Waals surface area contributed by atoms with Crippen LogP contribution in [0.25, 0.3) is 10.9 Å². The summed E-state index contributed by atoms with van der Waals surface area (Å²) in [5.74, 6) is 0. The molecule has 1 aromatic carbocycles. The zero-order valence-corrected chi connectivity index (χ0v) is 9.05. The molecule has 1 heterocycles. The molecule has 2 aromatic rings. The van der Waals surface area contributed by atoms with Gasteiger partial charge in [-0.1, -0.05) is 15.9 Å². The number of fused-ring (bicyclic) bond motifs is 1. The Kier molecular flexibility index (Phi) is 2.11. The lowest BCUT2D eigenvalue weighted by molar-refractivity contribution is 1.21. The molecular formula is C8H3Br2N2.